The number of azide groups is 1. The van der Waals surface area contributed by atoms with E-state index in [1.54, 1.807) is 48.5 Å². The fraction of sp³-hybridized carbons (Fsp3) is 0.212. The van der Waals surface area contributed by atoms with E-state index in [1.165, 1.54) is 6.07 Å². The molecule has 0 fully saturated rings. The topological polar surface area (TPSA) is 129 Å². The zero-order valence-electron chi connectivity index (χ0n) is 23.9. The summed E-state index contributed by atoms with van der Waals surface area (Å²) in [6.07, 6.45) is -0.462. The molecule has 1 heterocycles. The van der Waals surface area contributed by atoms with Crippen LogP contribution in [-0.4, -0.2) is 35.7 Å². The van der Waals surface area contributed by atoms with E-state index in [4.69, 9.17) is 19.6 Å². The van der Waals surface area contributed by atoms with Gasteiger partial charge in [-0.2, -0.15) is 0 Å². The number of hydrogen-bond acceptors (Lipinski definition) is 6. The Labute approximate surface area is 266 Å². The van der Waals surface area contributed by atoms with E-state index in [0.29, 0.717) is 35.5 Å². The second kappa shape index (κ2) is 14.3. The standard InChI is InChI=1S/C33H28BrF2N5O4/c34-24-11-6-21(7-12-24)19-33(32(43)38-20-22-8-15-27(35)28(36)18-22)30(26-4-1-2-5-29(26)40-41-37)45-31(39-33)23-9-13-25(14-10-23)44-17-3-16-42/h1-2,4-15,18,30,42H,3,16-17,19-20H2,(H,38,43)/t30-,33-/m1/s1. The Morgan fingerprint density at radius 3 is 2.49 bits per heavy atom. The molecule has 4 aromatic rings. The van der Waals surface area contributed by atoms with Gasteiger partial charge in [-0.1, -0.05) is 63.5 Å². The number of ether oxygens (including phenoxy) is 2. The van der Waals surface area contributed by atoms with Crippen molar-refractivity contribution in [1.29, 1.82) is 0 Å². The molecule has 0 aromatic heterocycles. The maximum absolute atomic E-state index is 14.4. The minimum absolute atomic E-state index is 0.0139. The molecule has 1 amide bonds. The second-order valence-electron chi connectivity index (χ2n) is 10.3. The van der Waals surface area contributed by atoms with Gasteiger partial charge in [-0.15, -0.1) is 0 Å². The van der Waals surface area contributed by atoms with Gasteiger partial charge in [-0.3, -0.25) is 4.79 Å². The third kappa shape index (κ3) is 7.31. The molecule has 2 atom stereocenters. The summed E-state index contributed by atoms with van der Waals surface area (Å²) in [4.78, 5) is 22.3. The van der Waals surface area contributed by atoms with Crippen LogP contribution in [-0.2, 0) is 22.5 Å². The van der Waals surface area contributed by atoms with Crippen LogP contribution >= 0.6 is 15.9 Å². The number of halogens is 3. The lowest BCUT2D eigenvalue weighted by atomic mass is 9.81. The molecule has 230 valence electrons. The highest BCUT2D eigenvalue weighted by atomic mass is 79.9. The first-order valence-corrected chi connectivity index (χ1v) is 14.8. The van der Waals surface area contributed by atoms with Crippen molar-refractivity contribution in [3.8, 4) is 5.75 Å². The molecule has 4 aromatic carbocycles. The minimum atomic E-state index is -1.61. The number of rotatable bonds is 12. The van der Waals surface area contributed by atoms with Gasteiger partial charge in [-0.25, -0.2) is 13.8 Å². The van der Waals surface area contributed by atoms with Crippen molar-refractivity contribution in [2.24, 2.45) is 10.1 Å². The number of aliphatic imine (C=N–C) groups is 1. The van der Waals surface area contributed by atoms with E-state index in [1.807, 2.05) is 24.3 Å². The molecule has 2 N–H and O–H groups in total. The zero-order chi connectivity index (χ0) is 31.8. The lowest BCUT2D eigenvalue weighted by Gasteiger charge is -2.31. The van der Waals surface area contributed by atoms with Crippen molar-refractivity contribution in [3.63, 3.8) is 0 Å². The second-order valence-corrected chi connectivity index (χ2v) is 11.2. The van der Waals surface area contributed by atoms with Crippen molar-refractivity contribution < 1.29 is 28.2 Å². The van der Waals surface area contributed by atoms with Gasteiger partial charge in [0.25, 0.3) is 5.91 Å². The first-order valence-electron chi connectivity index (χ1n) is 14.0. The predicted octanol–water partition coefficient (Wildman–Crippen LogP) is 7.25. The van der Waals surface area contributed by atoms with Gasteiger partial charge < -0.3 is 19.9 Å². The fourth-order valence-corrected chi connectivity index (χ4v) is 5.27. The maximum Gasteiger partial charge on any atom is 0.252 e. The molecule has 0 spiro atoms. The van der Waals surface area contributed by atoms with Crippen molar-refractivity contribution in [2.45, 2.75) is 31.0 Å². The Bertz CT molecular complexity index is 1750. The molecule has 0 bridgehead atoms. The zero-order valence-corrected chi connectivity index (χ0v) is 25.5. The number of amides is 1. The Hall–Kier alpha value is -4.77. The first-order chi connectivity index (χ1) is 21.8. The molecule has 12 heteroatoms. The number of carbonyl (C=O) groups excluding carboxylic acids is 1. The molecule has 0 unspecified atom stereocenters. The maximum atomic E-state index is 14.4. The van der Waals surface area contributed by atoms with Gasteiger partial charge in [0.2, 0.25) is 5.90 Å². The average Bonchev–Trinajstić information content (AvgIpc) is 3.43. The van der Waals surface area contributed by atoms with Crippen LogP contribution in [0, 0.1) is 11.6 Å². The molecule has 9 nitrogen and oxygen atoms in total. The summed E-state index contributed by atoms with van der Waals surface area (Å²) in [7, 11) is 0. The highest BCUT2D eigenvalue weighted by molar-refractivity contribution is 9.10. The van der Waals surface area contributed by atoms with Gasteiger partial charge in [-0.05, 0) is 65.2 Å². The average molecular weight is 677 g/mol. The molecule has 1 aliphatic rings. The van der Waals surface area contributed by atoms with Crippen LogP contribution in [0.3, 0.4) is 0 Å². The molecule has 0 radical (unpaired) electrons. The smallest absolute Gasteiger partial charge is 0.252 e. The number of aliphatic hydroxyl groups excluding tert-OH is 1. The number of hydrogen-bond donors (Lipinski definition) is 2. The van der Waals surface area contributed by atoms with Crippen molar-refractivity contribution >= 4 is 33.4 Å². The minimum Gasteiger partial charge on any atom is -0.494 e. The number of nitrogens with zero attached hydrogens (tertiary/aromatic N) is 4. The van der Waals surface area contributed by atoms with Crippen LogP contribution in [0.4, 0.5) is 14.5 Å². The summed E-state index contributed by atoms with van der Waals surface area (Å²) in [6.45, 7) is 0.258. The quantitative estimate of drug-likeness (QED) is 0.0709. The van der Waals surface area contributed by atoms with Gasteiger partial charge in [0, 0.05) is 52.2 Å². The monoisotopic (exact) mass is 675 g/mol. The van der Waals surface area contributed by atoms with E-state index in [9.17, 15) is 19.1 Å². The number of nitrogens with one attached hydrogen (secondary N) is 1. The summed E-state index contributed by atoms with van der Waals surface area (Å²) >= 11 is 3.45. The van der Waals surface area contributed by atoms with Crippen LogP contribution in [0.2, 0.25) is 0 Å². The van der Waals surface area contributed by atoms with Crippen LogP contribution in [0.15, 0.2) is 106 Å². The van der Waals surface area contributed by atoms with Crippen molar-refractivity contribution in [1.82, 2.24) is 5.32 Å². The SMILES string of the molecule is [N-]=[N+]=Nc1ccccc1[C@H]1OC(c2ccc(OCCCO)cc2)=N[C@@]1(Cc1ccc(Br)cc1)C(=O)NCc1ccc(F)c(F)c1. The normalized spacial score (nSPS) is 17.2. The fourth-order valence-electron chi connectivity index (χ4n) is 5.01. The number of benzene rings is 4. The molecule has 5 rings (SSSR count). The van der Waals surface area contributed by atoms with E-state index in [2.05, 4.69) is 31.3 Å². The Kier molecular flexibility index (Phi) is 10.1. The summed E-state index contributed by atoms with van der Waals surface area (Å²) in [5.41, 5.74) is 10.1. The third-order valence-electron chi connectivity index (χ3n) is 7.23. The van der Waals surface area contributed by atoms with E-state index in [0.717, 1.165) is 22.2 Å². The van der Waals surface area contributed by atoms with Crippen LogP contribution in [0.5, 0.6) is 5.75 Å². The van der Waals surface area contributed by atoms with Crippen molar-refractivity contribution in [2.75, 3.05) is 13.2 Å². The van der Waals surface area contributed by atoms with Crippen molar-refractivity contribution in [3.05, 3.63) is 140 Å². The van der Waals surface area contributed by atoms with Crippen LogP contribution < -0.4 is 10.1 Å². The molecular formula is C33H28BrF2N5O4. The number of carbonyl (C=O) groups is 1. The molecule has 0 saturated carbocycles. The Morgan fingerprint density at radius 2 is 1.78 bits per heavy atom. The molecule has 1 aliphatic heterocycles. The Morgan fingerprint density at radius 1 is 1.04 bits per heavy atom. The summed E-state index contributed by atoms with van der Waals surface area (Å²) < 4.78 is 40.5. The largest absolute Gasteiger partial charge is 0.494 e. The lowest BCUT2D eigenvalue weighted by molar-refractivity contribution is -0.129. The van der Waals surface area contributed by atoms with Gasteiger partial charge in [0.05, 0.1) is 6.61 Å². The van der Waals surface area contributed by atoms with E-state index >= 15 is 0 Å². The highest BCUT2D eigenvalue weighted by Gasteiger charge is 2.53. The predicted molar refractivity (Wildman–Crippen MR) is 168 cm³/mol. The molecule has 45 heavy (non-hydrogen) atoms. The Balaban J connectivity index is 1.60. The molecular weight excluding hydrogens is 648 g/mol. The van der Waals surface area contributed by atoms with Gasteiger partial charge in [0.15, 0.2) is 23.3 Å². The summed E-state index contributed by atoms with van der Waals surface area (Å²) in [5, 5.41) is 15.7. The summed E-state index contributed by atoms with van der Waals surface area (Å²) in [5.74, 6) is -1.79. The van der Waals surface area contributed by atoms with Crippen LogP contribution in [0.1, 0.15) is 34.8 Å². The summed E-state index contributed by atoms with van der Waals surface area (Å²) in [6, 6.07) is 24.6. The van der Waals surface area contributed by atoms with Gasteiger partial charge in [0.1, 0.15) is 5.75 Å². The lowest BCUT2D eigenvalue weighted by Crippen LogP contribution is -2.49. The third-order valence-corrected chi connectivity index (χ3v) is 7.75. The van der Waals surface area contributed by atoms with E-state index in [-0.39, 0.29) is 31.2 Å². The first kappa shape index (κ1) is 31.6. The molecule has 0 saturated heterocycles. The van der Waals surface area contributed by atoms with E-state index < -0.39 is 29.2 Å². The van der Waals surface area contributed by atoms with Crippen LogP contribution in [0.25, 0.3) is 10.4 Å². The van der Waals surface area contributed by atoms with Gasteiger partial charge >= 0.3 is 0 Å². The number of aliphatic hydroxyl groups is 1. The molecule has 0 aliphatic carbocycles. The highest BCUT2D eigenvalue weighted by Crippen LogP contribution is 2.45.